The van der Waals surface area contributed by atoms with Crippen LogP contribution in [0.4, 0.5) is 5.69 Å². The van der Waals surface area contributed by atoms with E-state index in [2.05, 4.69) is 4.72 Å². The van der Waals surface area contributed by atoms with Crippen LogP contribution in [0.25, 0.3) is 0 Å². The number of anilines is 1. The number of amides is 1. The summed E-state index contributed by atoms with van der Waals surface area (Å²) < 4.78 is 33.0. The molecular weight excluding hydrogens is 328 g/mol. The summed E-state index contributed by atoms with van der Waals surface area (Å²) in [4.78, 5) is 13.2. The molecule has 2 aromatic rings. The Labute approximate surface area is 141 Å². The Morgan fingerprint density at radius 1 is 1.21 bits per heavy atom. The Balaban J connectivity index is 1.85. The van der Waals surface area contributed by atoms with Gasteiger partial charge in [-0.05, 0) is 36.2 Å². The molecular formula is C17H18N2O4S. The molecule has 0 spiro atoms. The molecule has 24 heavy (non-hydrogen) atoms. The van der Waals surface area contributed by atoms with E-state index in [1.54, 1.807) is 13.1 Å². The lowest BCUT2D eigenvalue weighted by Crippen LogP contribution is -2.35. The first-order valence-electron chi connectivity index (χ1n) is 7.46. The van der Waals surface area contributed by atoms with Gasteiger partial charge < -0.3 is 9.64 Å². The molecule has 3 rings (SSSR count). The van der Waals surface area contributed by atoms with E-state index in [9.17, 15) is 13.2 Å². The third-order valence-corrected chi connectivity index (χ3v) is 5.44. The van der Waals surface area contributed by atoms with E-state index in [1.807, 2.05) is 31.2 Å². The third-order valence-electron chi connectivity index (χ3n) is 4.04. The normalized spacial score (nSPS) is 14.2. The Bertz CT molecular complexity index is 893. The maximum absolute atomic E-state index is 12.5. The highest BCUT2D eigenvalue weighted by Gasteiger charge is 2.25. The molecule has 0 aromatic heterocycles. The minimum absolute atomic E-state index is 0.0405. The molecule has 126 valence electrons. The van der Waals surface area contributed by atoms with Crippen LogP contribution in [-0.2, 0) is 21.4 Å². The van der Waals surface area contributed by atoms with E-state index in [-0.39, 0.29) is 24.0 Å². The fraction of sp³-hybridized carbons (Fsp3) is 0.235. The molecule has 0 radical (unpaired) electrons. The van der Waals surface area contributed by atoms with Gasteiger partial charge in [0.05, 0.1) is 10.6 Å². The van der Waals surface area contributed by atoms with Crippen LogP contribution in [0.2, 0.25) is 0 Å². The lowest BCUT2D eigenvalue weighted by molar-refractivity contribution is -0.120. The number of aryl methyl sites for hydroxylation is 1. The van der Waals surface area contributed by atoms with E-state index < -0.39 is 10.0 Å². The zero-order valence-electron chi connectivity index (χ0n) is 13.4. The maximum Gasteiger partial charge on any atom is 0.264 e. The van der Waals surface area contributed by atoms with Gasteiger partial charge in [0.15, 0.2) is 6.61 Å². The summed E-state index contributed by atoms with van der Waals surface area (Å²) in [6.45, 7) is 2.10. The van der Waals surface area contributed by atoms with Crippen molar-refractivity contribution in [1.29, 1.82) is 0 Å². The highest BCUT2D eigenvalue weighted by atomic mass is 32.2. The fourth-order valence-corrected chi connectivity index (χ4v) is 3.51. The zero-order valence-corrected chi connectivity index (χ0v) is 14.3. The Morgan fingerprint density at radius 3 is 2.71 bits per heavy atom. The van der Waals surface area contributed by atoms with Gasteiger partial charge in [-0.2, -0.15) is 0 Å². The first kappa shape index (κ1) is 16.5. The quantitative estimate of drug-likeness (QED) is 0.916. The van der Waals surface area contributed by atoms with E-state index in [0.29, 0.717) is 11.4 Å². The number of benzene rings is 2. The van der Waals surface area contributed by atoms with E-state index in [4.69, 9.17) is 4.74 Å². The predicted molar refractivity (Wildman–Crippen MR) is 90.6 cm³/mol. The highest BCUT2D eigenvalue weighted by molar-refractivity contribution is 7.89. The molecule has 2 aromatic carbocycles. The molecule has 1 amide bonds. The molecule has 0 saturated carbocycles. The molecule has 1 aliphatic rings. The second-order valence-electron chi connectivity index (χ2n) is 5.62. The molecule has 1 heterocycles. The van der Waals surface area contributed by atoms with Crippen LogP contribution >= 0.6 is 0 Å². The number of sulfonamides is 1. The van der Waals surface area contributed by atoms with Gasteiger partial charge in [0.25, 0.3) is 5.91 Å². The van der Waals surface area contributed by atoms with Crippen LogP contribution in [0.15, 0.2) is 47.4 Å². The topological polar surface area (TPSA) is 75.7 Å². The molecule has 0 saturated heterocycles. The summed E-state index contributed by atoms with van der Waals surface area (Å²) in [5.74, 6) is 0.278. The first-order chi connectivity index (χ1) is 11.4. The molecule has 7 heteroatoms. The summed E-state index contributed by atoms with van der Waals surface area (Å²) in [5, 5.41) is 0. The van der Waals surface area contributed by atoms with Gasteiger partial charge >= 0.3 is 0 Å². The van der Waals surface area contributed by atoms with Gasteiger partial charge in [0, 0.05) is 13.6 Å². The number of carbonyl (C=O) groups excluding carboxylic acids is 1. The van der Waals surface area contributed by atoms with Crippen LogP contribution in [0.3, 0.4) is 0 Å². The van der Waals surface area contributed by atoms with Crippen LogP contribution in [0.1, 0.15) is 11.1 Å². The average Bonchev–Trinajstić information content (AvgIpc) is 2.57. The van der Waals surface area contributed by atoms with Crippen molar-refractivity contribution in [2.45, 2.75) is 18.4 Å². The molecule has 0 aliphatic carbocycles. The lowest BCUT2D eigenvalue weighted by atomic mass is 10.1. The lowest BCUT2D eigenvalue weighted by Gasteiger charge is -2.26. The Hall–Kier alpha value is -2.38. The number of nitrogens with zero attached hydrogens (tertiary/aromatic N) is 1. The predicted octanol–water partition coefficient (Wildman–Crippen LogP) is 1.83. The second kappa shape index (κ2) is 6.26. The number of carbonyl (C=O) groups is 1. The van der Waals surface area contributed by atoms with Crippen molar-refractivity contribution in [2.24, 2.45) is 0 Å². The summed E-state index contributed by atoms with van der Waals surface area (Å²) in [6, 6.07) is 12.1. The highest BCUT2D eigenvalue weighted by Crippen LogP contribution is 2.33. The van der Waals surface area contributed by atoms with Gasteiger partial charge in [-0.25, -0.2) is 13.1 Å². The fourth-order valence-electron chi connectivity index (χ4n) is 2.48. The number of hydrogen-bond acceptors (Lipinski definition) is 4. The molecule has 0 bridgehead atoms. The zero-order chi connectivity index (χ0) is 17.3. The van der Waals surface area contributed by atoms with Crippen molar-refractivity contribution >= 4 is 21.6 Å². The van der Waals surface area contributed by atoms with Gasteiger partial charge in [-0.15, -0.1) is 0 Å². The number of ether oxygens (including phenoxy) is 1. The van der Waals surface area contributed by atoms with Gasteiger partial charge in [-0.3, -0.25) is 4.79 Å². The molecule has 0 atom stereocenters. The van der Waals surface area contributed by atoms with Crippen LogP contribution in [0.5, 0.6) is 5.75 Å². The molecule has 6 nitrogen and oxygen atoms in total. The first-order valence-corrected chi connectivity index (χ1v) is 8.94. The third kappa shape index (κ3) is 3.13. The van der Waals surface area contributed by atoms with E-state index >= 15 is 0 Å². The minimum atomic E-state index is -3.69. The summed E-state index contributed by atoms with van der Waals surface area (Å²) in [7, 11) is -2.10. The number of fused-ring (bicyclic) bond motifs is 1. The van der Waals surface area contributed by atoms with Crippen molar-refractivity contribution in [3.05, 3.63) is 53.6 Å². The monoisotopic (exact) mass is 346 g/mol. The van der Waals surface area contributed by atoms with Gasteiger partial charge in [0.1, 0.15) is 5.75 Å². The number of nitrogens with one attached hydrogen (secondary N) is 1. The van der Waals surface area contributed by atoms with Gasteiger partial charge in [0.2, 0.25) is 10.0 Å². The van der Waals surface area contributed by atoms with Crippen molar-refractivity contribution in [3.63, 3.8) is 0 Å². The second-order valence-corrected chi connectivity index (χ2v) is 7.39. The Morgan fingerprint density at radius 2 is 1.96 bits per heavy atom. The van der Waals surface area contributed by atoms with Crippen LogP contribution < -0.4 is 14.4 Å². The molecule has 1 N–H and O–H groups in total. The molecule has 1 aliphatic heterocycles. The number of likely N-dealkylation sites (N-methyl/N-ethyl adjacent to an activating group) is 1. The Kier molecular flexibility index (Phi) is 4.29. The van der Waals surface area contributed by atoms with Crippen molar-refractivity contribution in [1.82, 2.24) is 4.72 Å². The van der Waals surface area contributed by atoms with Crippen molar-refractivity contribution < 1.29 is 17.9 Å². The summed E-state index contributed by atoms with van der Waals surface area (Å²) in [5.41, 5.74) is 2.38. The standard InChI is InChI=1S/C17H18N2O4S/c1-12-5-3-4-6-13(12)10-18-24(21,22)14-7-8-16-15(9-14)19(2)17(20)11-23-16/h3-9,18H,10-11H2,1-2H3. The van der Waals surface area contributed by atoms with E-state index in [0.717, 1.165) is 11.1 Å². The minimum Gasteiger partial charge on any atom is -0.482 e. The summed E-state index contributed by atoms with van der Waals surface area (Å²) in [6.07, 6.45) is 0. The number of rotatable bonds is 4. The smallest absolute Gasteiger partial charge is 0.264 e. The largest absolute Gasteiger partial charge is 0.482 e. The molecule has 0 unspecified atom stereocenters. The molecule has 0 fully saturated rings. The van der Waals surface area contributed by atoms with E-state index in [1.165, 1.54) is 17.0 Å². The maximum atomic E-state index is 12.5. The van der Waals surface area contributed by atoms with Crippen molar-refractivity contribution in [3.8, 4) is 5.75 Å². The number of hydrogen-bond donors (Lipinski definition) is 1. The van der Waals surface area contributed by atoms with Crippen LogP contribution in [0, 0.1) is 6.92 Å². The SMILES string of the molecule is Cc1ccccc1CNS(=O)(=O)c1ccc2c(c1)N(C)C(=O)CO2. The average molecular weight is 346 g/mol. The van der Waals surface area contributed by atoms with Crippen molar-refractivity contribution in [2.75, 3.05) is 18.6 Å². The summed E-state index contributed by atoms with van der Waals surface area (Å²) >= 11 is 0. The van der Waals surface area contributed by atoms with Gasteiger partial charge in [-0.1, -0.05) is 24.3 Å². The van der Waals surface area contributed by atoms with Crippen LogP contribution in [-0.4, -0.2) is 28.0 Å².